The molecule has 0 spiro atoms. The predicted molar refractivity (Wildman–Crippen MR) is 133 cm³/mol. The molecule has 2 atom stereocenters. The molecule has 4 heterocycles. The molecule has 0 N–H and O–H groups in total. The summed E-state index contributed by atoms with van der Waals surface area (Å²) in [6, 6.07) is 14.5. The fourth-order valence-electron chi connectivity index (χ4n) is 5.18. The fourth-order valence-corrected chi connectivity index (χ4v) is 5.18. The fraction of sp³-hybridized carbons (Fsp3) is 0.407. The molecule has 2 unspecified atom stereocenters. The van der Waals surface area contributed by atoms with E-state index in [9.17, 15) is 0 Å². The van der Waals surface area contributed by atoms with Gasteiger partial charge in [0.15, 0.2) is 0 Å². The molecule has 3 saturated heterocycles. The Bertz CT molecular complexity index is 1310. The van der Waals surface area contributed by atoms with Crippen LogP contribution in [0.4, 0.5) is 5.82 Å². The first-order chi connectivity index (χ1) is 17.3. The Labute approximate surface area is 204 Å². The topological polar surface area (TPSA) is 75.2 Å². The van der Waals surface area contributed by atoms with Gasteiger partial charge in [-0.3, -0.25) is 4.90 Å². The molecule has 8 heteroatoms. The second kappa shape index (κ2) is 8.48. The number of anilines is 1. The van der Waals surface area contributed by atoms with Gasteiger partial charge in [-0.25, -0.2) is 4.98 Å². The molecule has 3 aromatic rings. The molecule has 0 amide bonds. The lowest BCUT2D eigenvalue weighted by atomic mass is 10.0. The molecule has 1 aromatic heterocycles. The zero-order chi connectivity index (χ0) is 23.4. The van der Waals surface area contributed by atoms with Gasteiger partial charge in [-0.1, -0.05) is 23.4 Å². The van der Waals surface area contributed by atoms with Crippen molar-refractivity contribution < 1.29 is 19.0 Å². The first-order valence-electron chi connectivity index (χ1n) is 12.3. The standard InChI is InChI=1S/C27H28N4O4/c1-32-17-6-7-20-22(12-17)26(29-35-16-19-15-34-19)24-21-4-2-3-5-23(21)28-27(25(20)24)31-10-8-30(9-11-31)13-18-14-33-18/h2-7,12,18-19H,8-11,13-16H2,1H3/b29-26+. The highest BCUT2D eigenvalue weighted by Gasteiger charge is 2.35. The summed E-state index contributed by atoms with van der Waals surface area (Å²) in [4.78, 5) is 15.9. The lowest BCUT2D eigenvalue weighted by molar-refractivity contribution is 0.125. The maximum absolute atomic E-state index is 5.79. The van der Waals surface area contributed by atoms with Gasteiger partial charge in [0.2, 0.25) is 0 Å². The van der Waals surface area contributed by atoms with Gasteiger partial charge in [0.25, 0.3) is 0 Å². The molecular weight excluding hydrogens is 444 g/mol. The van der Waals surface area contributed by atoms with E-state index in [0.29, 0.717) is 12.7 Å². The van der Waals surface area contributed by atoms with Crippen LogP contribution in [0.15, 0.2) is 47.6 Å². The average molecular weight is 473 g/mol. The van der Waals surface area contributed by atoms with Crippen LogP contribution in [0.5, 0.6) is 5.75 Å². The van der Waals surface area contributed by atoms with Crippen molar-refractivity contribution in [1.29, 1.82) is 0 Å². The number of piperazine rings is 1. The number of methoxy groups -OCH3 is 1. The Kier molecular flexibility index (Phi) is 5.11. The zero-order valence-electron chi connectivity index (χ0n) is 19.8. The van der Waals surface area contributed by atoms with Crippen LogP contribution in [0.2, 0.25) is 0 Å². The third kappa shape index (κ3) is 3.91. The summed E-state index contributed by atoms with van der Waals surface area (Å²) >= 11 is 0. The van der Waals surface area contributed by atoms with Gasteiger partial charge in [0, 0.05) is 54.8 Å². The predicted octanol–water partition coefficient (Wildman–Crippen LogP) is 2.91. The van der Waals surface area contributed by atoms with E-state index in [4.69, 9.17) is 24.0 Å². The number of fused-ring (bicyclic) bond motifs is 5. The number of benzene rings is 2. The van der Waals surface area contributed by atoms with Crippen molar-refractivity contribution in [3.63, 3.8) is 0 Å². The van der Waals surface area contributed by atoms with E-state index < -0.39 is 0 Å². The van der Waals surface area contributed by atoms with Crippen molar-refractivity contribution in [2.75, 3.05) is 64.6 Å². The number of ether oxygens (including phenoxy) is 3. The SMILES string of the molecule is COc1ccc2c(c1)/C(=N\OCC1CO1)c1c-2c(N2CCN(CC3CO3)CC2)nc2ccccc12. The van der Waals surface area contributed by atoms with Crippen LogP contribution < -0.4 is 9.64 Å². The highest BCUT2D eigenvalue weighted by molar-refractivity contribution is 6.30. The third-order valence-electron chi connectivity index (χ3n) is 7.22. The monoisotopic (exact) mass is 472 g/mol. The minimum absolute atomic E-state index is 0.145. The van der Waals surface area contributed by atoms with Crippen molar-refractivity contribution in [2.24, 2.45) is 5.16 Å². The third-order valence-corrected chi connectivity index (χ3v) is 7.22. The van der Waals surface area contributed by atoms with Crippen LogP contribution in [0.1, 0.15) is 11.1 Å². The second-order valence-corrected chi connectivity index (χ2v) is 9.55. The zero-order valence-corrected chi connectivity index (χ0v) is 19.8. The van der Waals surface area contributed by atoms with E-state index in [-0.39, 0.29) is 6.10 Å². The van der Waals surface area contributed by atoms with Crippen LogP contribution in [0.25, 0.3) is 22.0 Å². The Morgan fingerprint density at radius 1 is 0.971 bits per heavy atom. The summed E-state index contributed by atoms with van der Waals surface area (Å²) in [6.07, 6.45) is 0.568. The Hall–Kier alpha value is -3.20. The number of epoxide rings is 2. The number of oxime groups is 1. The van der Waals surface area contributed by atoms with Crippen molar-refractivity contribution in [3.8, 4) is 16.9 Å². The van der Waals surface area contributed by atoms with Gasteiger partial charge < -0.3 is 23.9 Å². The number of hydrogen-bond donors (Lipinski definition) is 0. The average Bonchev–Trinajstić information content (AvgIpc) is 3.84. The molecule has 7 rings (SSSR count). The summed E-state index contributed by atoms with van der Waals surface area (Å²) in [6.45, 7) is 6.99. The number of hydrogen-bond acceptors (Lipinski definition) is 8. The number of rotatable bonds is 7. The van der Waals surface area contributed by atoms with Crippen LogP contribution in [0.3, 0.4) is 0 Å². The molecule has 3 aliphatic heterocycles. The van der Waals surface area contributed by atoms with Crippen LogP contribution >= 0.6 is 0 Å². The van der Waals surface area contributed by atoms with Crippen LogP contribution in [0, 0.1) is 0 Å². The minimum Gasteiger partial charge on any atom is -0.497 e. The quantitative estimate of drug-likeness (QED) is 0.302. The smallest absolute Gasteiger partial charge is 0.145 e. The van der Waals surface area contributed by atoms with Gasteiger partial charge in [-0.2, -0.15) is 0 Å². The summed E-state index contributed by atoms with van der Waals surface area (Å²) in [5, 5.41) is 5.74. The Morgan fingerprint density at radius 3 is 2.54 bits per heavy atom. The Morgan fingerprint density at radius 2 is 1.77 bits per heavy atom. The lowest BCUT2D eigenvalue weighted by Crippen LogP contribution is -2.48. The minimum atomic E-state index is 0.145. The summed E-state index contributed by atoms with van der Waals surface area (Å²) in [5.74, 6) is 1.81. The van der Waals surface area contributed by atoms with Crippen LogP contribution in [-0.4, -0.2) is 87.5 Å². The van der Waals surface area contributed by atoms with Crippen LogP contribution in [-0.2, 0) is 14.3 Å². The van der Waals surface area contributed by atoms with Crippen molar-refractivity contribution in [1.82, 2.24) is 9.88 Å². The van der Waals surface area contributed by atoms with Gasteiger partial charge in [-0.05, 0) is 29.8 Å². The second-order valence-electron chi connectivity index (χ2n) is 9.55. The number of aromatic nitrogens is 1. The Balaban J connectivity index is 1.34. The van der Waals surface area contributed by atoms with Gasteiger partial charge >= 0.3 is 0 Å². The molecule has 0 radical (unpaired) electrons. The summed E-state index contributed by atoms with van der Waals surface area (Å²) < 4.78 is 16.3. The number of nitrogens with zero attached hydrogens (tertiary/aromatic N) is 4. The first kappa shape index (κ1) is 21.1. The highest BCUT2D eigenvalue weighted by atomic mass is 16.7. The molecule has 35 heavy (non-hydrogen) atoms. The van der Waals surface area contributed by atoms with E-state index in [1.807, 2.05) is 12.1 Å². The summed E-state index contributed by atoms with van der Waals surface area (Å²) in [7, 11) is 1.69. The highest BCUT2D eigenvalue weighted by Crippen LogP contribution is 2.46. The normalized spacial score (nSPS) is 23.9. The maximum Gasteiger partial charge on any atom is 0.145 e. The van der Waals surface area contributed by atoms with Gasteiger partial charge in [0.05, 0.1) is 31.9 Å². The summed E-state index contributed by atoms with van der Waals surface area (Å²) in [5.41, 5.74) is 6.14. The van der Waals surface area contributed by atoms with E-state index >= 15 is 0 Å². The number of pyridine rings is 1. The largest absolute Gasteiger partial charge is 0.497 e. The van der Waals surface area contributed by atoms with E-state index in [1.165, 1.54) is 0 Å². The van der Waals surface area contributed by atoms with E-state index in [2.05, 4.69) is 45.3 Å². The molecule has 8 nitrogen and oxygen atoms in total. The maximum atomic E-state index is 5.79. The molecule has 0 bridgehead atoms. The van der Waals surface area contributed by atoms with Gasteiger partial charge in [0.1, 0.15) is 30.0 Å². The van der Waals surface area contributed by atoms with E-state index in [0.717, 1.165) is 96.4 Å². The van der Waals surface area contributed by atoms with Crippen molar-refractivity contribution >= 4 is 22.4 Å². The molecule has 0 saturated carbocycles. The molecule has 1 aliphatic carbocycles. The van der Waals surface area contributed by atoms with Gasteiger partial charge in [-0.15, -0.1) is 0 Å². The first-order valence-corrected chi connectivity index (χ1v) is 12.3. The molecule has 2 aromatic carbocycles. The molecule has 180 valence electrons. The van der Waals surface area contributed by atoms with Crippen molar-refractivity contribution in [3.05, 3.63) is 53.6 Å². The van der Waals surface area contributed by atoms with Crippen molar-refractivity contribution in [2.45, 2.75) is 12.2 Å². The lowest BCUT2D eigenvalue weighted by Gasteiger charge is -2.36. The van der Waals surface area contributed by atoms with E-state index in [1.54, 1.807) is 7.11 Å². The molecule has 4 aliphatic rings. The molecule has 3 fully saturated rings. The number of para-hydroxylation sites is 1. The molecular formula is C27H28N4O4.